The van der Waals surface area contributed by atoms with Crippen LogP contribution >= 0.6 is 0 Å². The van der Waals surface area contributed by atoms with Crippen molar-refractivity contribution in [2.75, 3.05) is 0 Å². The first kappa shape index (κ1) is 40.1. The number of benzene rings is 2. The average Bonchev–Trinajstić information content (AvgIpc) is 4.18. The molecule has 0 radical (unpaired) electrons. The van der Waals surface area contributed by atoms with E-state index in [0.29, 0.717) is 0 Å². The van der Waals surface area contributed by atoms with Crippen molar-refractivity contribution >= 4 is 99.3 Å². The van der Waals surface area contributed by atoms with Crippen LogP contribution in [0.5, 0.6) is 0 Å². The third kappa shape index (κ3) is 3.95. The zero-order chi connectivity index (χ0) is 46.0. The van der Waals surface area contributed by atoms with Gasteiger partial charge in [-0.3, -0.25) is 13.2 Å². The van der Waals surface area contributed by atoms with E-state index in [4.69, 9.17) is 0 Å². The third-order valence-corrected chi connectivity index (χ3v) is 17.9. The number of aromatic nitrogens is 6. The van der Waals surface area contributed by atoms with Gasteiger partial charge in [0.15, 0.2) is 16.6 Å². The van der Waals surface area contributed by atoms with Gasteiger partial charge in [0.1, 0.15) is 27.6 Å². The van der Waals surface area contributed by atoms with E-state index in [1.807, 2.05) is 0 Å². The lowest BCUT2D eigenvalue weighted by Gasteiger charge is -2.15. The molecule has 14 aromatic rings. The lowest BCUT2D eigenvalue weighted by Crippen LogP contribution is -2.34. The van der Waals surface area contributed by atoms with Crippen molar-refractivity contribution < 1.29 is 13.2 Å². The van der Waals surface area contributed by atoms with Gasteiger partial charge in [0.25, 0.3) is 16.6 Å². The molecule has 12 aromatic heterocycles. The van der Waals surface area contributed by atoms with E-state index in [-0.39, 0.29) is 0 Å². The molecule has 0 aliphatic rings. The van der Waals surface area contributed by atoms with Gasteiger partial charge in [-0.1, -0.05) is 113 Å². The van der Waals surface area contributed by atoms with Gasteiger partial charge >= 0.3 is 0 Å². The molecule has 0 saturated carbocycles. The van der Waals surface area contributed by atoms with Gasteiger partial charge in [0, 0.05) is 33.4 Å². The molecule has 67 heavy (non-hydrogen) atoms. The number of hydrogen-bond donors (Lipinski definition) is 0. The summed E-state index contributed by atoms with van der Waals surface area (Å²) in [6.07, 6.45) is 12.0. The van der Waals surface area contributed by atoms with Crippen molar-refractivity contribution in [3.05, 3.63) is 97.1 Å². The molecule has 0 N–H and O–H groups in total. The van der Waals surface area contributed by atoms with Gasteiger partial charge in [-0.15, -0.1) is 13.2 Å². The second-order valence-electron chi connectivity index (χ2n) is 20.0. The van der Waals surface area contributed by atoms with Crippen molar-refractivity contribution in [3.63, 3.8) is 0 Å². The highest BCUT2D eigenvalue weighted by molar-refractivity contribution is 6.25. The Hall–Kier alpha value is -6.01. The Labute approximate surface area is 392 Å². The molecule has 2 aromatic carbocycles. The van der Waals surface area contributed by atoms with Crippen molar-refractivity contribution in [3.8, 4) is 11.1 Å². The van der Waals surface area contributed by atoms with Crippen LogP contribution in [0.1, 0.15) is 150 Å². The molecule has 14 rings (SSSR count). The van der Waals surface area contributed by atoms with Gasteiger partial charge in [-0.05, 0) is 116 Å². The van der Waals surface area contributed by atoms with Gasteiger partial charge in [-0.2, -0.15) is 0 Å². The lowest BCUT2D eigenvalue weighted by atomic mass is 9.96. The Balaban J connectivity index is 1.54. The summed E-state index contributed by atoms with van der Waals surface area (Å²) in [4.78, 5) is 0. The molecule has 12 heterocycles. The van der Waals surface area contributed by atoms with Gasteiger partial charge < -0.3 is 0 Å². The Kier molecular flexibility index (Phi) is 8.00. The van der Waals surface area contributed by atoms with E-state index in [1.165, 1.54) is 133 Å². The molecule has 0 aliphatic heterocycles. The first-order valence-electron chi connectivity index (χ1n) is 26.7. The fraction of sp³-hybridized carbons (Fsp3) is 0.393. The van der Waals surface area contributed by atoms with Gasteiger partial charge in [-0.25, -0.2) is 0 Å². The maximum absolute atomic E-state index is 2.90. The molecule has 0 bridgehead atoms. The zero-order valence-corrected chi connectivity index (χ0v) is 42.1. The van der Waals surface area contributed by atoms with Crippen LogP contribution in [-0.4, -0.2) is 13.2 Å². The van der Waals surface area contributed by atoms with Crippen LogP contribution in [0, 0.1) is 0 Å². The van der Waals surface area contributed by atoms with Crippen LogP contribution < -0.4 is 13.2 Å². The molecule has 6 heteroatoms. The maximum atomic E-state index is 2.90. The molecule has 0 fully saturated rings. The highest BCUT2D eigenvalue weighted by Gasteiger charge is 2.49. The molecule has 0 amide bonds. The van der Waals surface area contributed by atoms with Crippen LogP contribution in [0.2, 0.25) is 0 Å². The van der Waals surface area contributed by atoms with Crippen molar-refractivity contribution in [1.29, 1.82) is 0 Å². The van der Waals surface area contributed by atoms with Crippen LogP contribution in [0.15, 0.2) is 30.3 Å². The molecule has 0 atom stereocenters. The SMILES string of the molecule is CCc1c(CC)c2c3c(CC)c(CC)c4c5c(CC)c(CC)c6c7c(CC)c(CC)c8c9c(CC)c(CC)c%10c%11c(CC)c(CC)c%12c(-c%13ccccc%13)c1n2c1c(c(c(c(c1[n+]34)n56)[n+]87)n%109)[n+]%12%11. The first-order valence-corrected chi connectivity index (χ1v) is 26.7. The van der Waals surface area contributed by atoms with Crippen LogP contribution in [0.25, 0.3) is 110 Å². The monoisotopic (exact) mass is 882 g/mol. The molecule has 0 spiro atoms. The number of nitrogens with zero attached hydrogens (tertiary/aromatic N) is 6. The predicted molar refractivity (Wildman–Crippen MR) is 280 cm³/mol. The highest BCUT2D eigenvalue weighted by atomic mass is 15.2. The van der Waals surface area contributed by atoms with Crippen LogP contribution in [0.4, 0.5) is 0 Å². The van der Waals surface area contributed by atoms with Crippen molar-refractivity contribution in [1.82, 2.24) is 13.2 Å². The second kappa shape index (κ2) is 13.4. The number of hydrogen-bond acceptors (Lipinski definition) is 0. The summed E-state index contributed by atoms with van der Waals surface area (Å²) in [7, 11) is 0. The normalized spacial score (nSPS) is 13.5. The van der Waals surface area contributed by atoms with Gasteiger partial charge in [0.05, 0.1) is 11.1 Å². The summed E-state index contributed by atoms with van der Waals surface area (Å²) >= 11 is 0. The molecule has 0 aliphatic carbocycles. The fourth-order valence-corrected chi connectivity index (χ4v) is 15.9. The minimum atomic E-state index is 0.978. The van der Waals surface area contributed by atoms with Crippen molar-refractivity contribution in [2.45, 2.75) is 160 Å². The predicted octanol–water partition coefficient (Wildman–Crippen LogP) is 13.1. The summed E-state index contributed by atoms with van der Waals surface area (Å²) in [6.45, 7) is 29.2. The van der Waals surface area contributed by atoms with E-state index in [9.17, 15) is 0 Å². The minimum Gasteiger partial charge on any atom is -0.292 e. The largest absolute Gasteiger partial charge is 0.292 e. The van der Waals surface area contributed by atoms with Gasteiger partial charge in [0.2, 0.25) is 33.1 Å². The van der Waals surface area contributed by atoms with E-state index in [2.05, 4.69) is 140 Å². The van der Waals surface area contributed by atoms with E-state index < -0.39 is 0 Å². The number of aryl methyl sites for hydroxylation is 12. The smallest absolute Gasteiger partial charge is 0.274 e. The van der Waals surface area contributed by atoms with Crippen LogP contribution in [-0.2, 0) is 77.0 Å². The molecular formula is C61H65N6+3. The Bertz CT molecular complexity index is 4020. The molecule has 0 saturated heterocycles. The van der Waals surface area contributed by atoms with Crippen molar-refractivity contribution in [2.24, 2.45) is 0 Å². The third-order valence-electron chi connectivity index (χ3n) is 17.9. The molecular weight excluding hydrogens is 817 g/mol. The molecule has 6 nitrogen and oxygen atoms in total. The summed E-state index contributed by atoms with van der Waals surface area (Å²) in [6, 6.07) is 11.6. The molecule has 336 valence electrons. The first-order chi connectivity index (χ1) is 32.9. The zero-order valence-electron chi connectivity index (χ0n) is 42.1. The van der Waals surface area contributed by atoms with E-state index in [0.717, 1.165) is 77.0 Å². The second-order valence-corrected chi connectivity index (χ2v) is 20.0. The quantitative estimate of drug-likeness (QED) is 0.0626. The summed E-state index contributed by atoms with van der Waals surface area (Å²) in [5, 5.41) is 0. The van der Waals surface area contributed by atoms with E-state index >= 15 is 0 Å². The Morgan fingerprint density at radius 3 is 0.776 bits per heavy atom. The minimum absolute atomic E-state index is 0.978. The highest BCUT2D eigenvalue weighted by Crippen LogP contribution is 2.52. The number of fused-ring (bicyclic) bond motifs is 5. The topological polar surface area (TPSA) is 25.5 Å². The standard InChI is InChI=1S/C61H65N6/c1-13-31-33(15-3)46-48-35(17-5)37(19-7)50-52-39(21-9)41(23-11)54-55-42(24-12)40(22-10)53-51-38(20-8)36(18-6)49-47-34(16-4)32(14-2)45-43(30-28-26-25-27-29-30)44(31)62(46)56-57(63(45)47)59(65(49)51)61(67(53)55)60(66(52)54)58(56)64(48)50/h25-29H,13-24H2,1-12H3/q+3. The summed E-state index contributed by atoms with van der Waals surface area (Å²) < 4.78 is 17.4. The van der Waals surface area contributed by atoms with E-state index in [1.54, 1.807) is 44.5 Å². The molecule has 0 unspecified atom stereocenters. The van der Waals surface area contributed by atoms with Crippen LogP contribution in [0.3, 0.4) is 0 Å². The summed E-state index contributed by atoms with van der Waals surface area (Å²) in [5.74, 6) is 0. The average molecular weight is 882 g/mol. The Morgan fingerprint density at radius 2 is 0.493 bits per heavy atom. The maximum Gasteiger partial charge on any atom is 0.274 e. The fourth-order valence-electron chi connectivity index (χ4n) is 15.9. The summed E-state index contributed by atoms with van der Waals surface area (Å²) in [5.41, 5.74) is 47.1. The number of rotatable bonds is 13. The Morgan fingerprint density at radius 1 is 0.254 bits per heavy atom. The lowest BCUT2D eigenvalue weighted by molar-refractivity contribution is -0.456.